The zero-order valence-corrected chi connectivity index (χ0v) is 19.4. The Kier molecular flexibility index (Phi) is 6.59. The molecule has 0 spiro atoms. The highest BCUT2D eigenvalue weighted by Gasteiger charge is 2.19. The van der Waals surface area contributed by atoms with Crippen molar-refractivity contribution < 1.29 is 4.52 Å². The standard InChI is InChI=1S/C22H33N9O/c1-13(2)17-9-20(29-28-17)25-19-10-21(31-7-6-23-15(5)12-31)27-22(26-19)24-11-16-8-18(14(3)4)30-32-16/h8-10,13-15,23H,6-7,11-12H2,1-5H3,(H3,24,25,26,27,28,29)/t15-/m0/s1. The third kappa shape index (κ3) is 5.37. The molecule has 4 N–H and O–H groups in total. The minimum Gasteiger partial charge on any atom is -0.359 e. The van der Waals surface area contributed by atoms with Crippen LogP contribution in [0.15, 0.2) is 22.7 Å². The third-order valence-electron chi connectivity index (χ3n) is 5.47. The SMILES string of the molecule is CC(C)c1cc(CNc2nc(Nc3cc(C(C)C)[nH]n3)cc(N3CCN[C@@H](C)C3)n2)on1. The topological polar surface area (TPSA) is 120 Å². The lowest BCUT2D eigenvalue weighted by Crippen LogP contribution is -2.49. The molecule has 172 valence electrons. The number of hydrogen-bond donors (Lipinski definition) is 4. The second-order valence-corrected chi connectivity index (χ2v) is 8.95. The largest absolute Gasteiger partial charge is 0.359 e. The number of anilines is 4. The maximum Gasteiger partial charge on any atom is 0.227 e. The van der Waals surface area contributed by atoms with Crippen LogP contribution >= 0.6 is 0 Å². The number of rotatable bonds is 8. The smallest absolute Gasteiger partial charge is 0.227 e. The lowest BCUT2D eigenvalue weighted by atomic mass is 10.1. The highest BCUT2D eigenvalue weighted by atomic mass is 16.5. The molecule has 32 heavy (non-hydrogen) atoms. The van der Waals surface area contributed by atoms with Crippen LogP contribution in [0, 0.1) is 0 Å². The summed E-state index contributed by atoms with van der Waals surface area (Å²) >= 11 is 0. The molecule has 0 aromatic carbocycles. The van der Waals surface area contributed by atoms with E-state index in [1.807, 2.05) is 18.2 Å². The van der Waals surface area contributed by atoms with E-state index < -0.39 is 0 Å². The Morgan fingerprint density at radius 3 is 2.66 bits per heavy atom. The Morgan fingerprint density at radius 1 is 1.12 bits per heavy atom. The molecule has 0 saturated carbocycles. The van der Waals surface area contributed by atoms with E-state index in [1.165, 1.54) is 0 Å². The highest BCUT2D eigenvalue weighted by molar-refractivity contribution is 5.60. The Balaban J connectivity index is 1.55. The molecule has 1 aliphatic heterocycles. The molecule has 1 atom stereocenters. The van der Waals surface area contributed by atoms with E-state index in [9.17, 15) is 0 Å². The molecule has 0 aliphatic carbocycles. The van der Waals surface area contributed by atoms with Gasteiger partial charge >= 0.3 is 0 Å². The van der Waals surface area contributed by atoms with Crippen LogP contribution < -0.4 is 20.9 Å². The molecule has 4 rings (SSSR count). The van der Waals surface area contributed by atoms with Crippen molar-refractivity contribution in [1.29, 1.82) is 0 Å². The van der Waals surface area contributed by atoms with Crippen LogP contribution in [0.3, 0.4) is 0 Å². The number of aromatic nitrogens is 5. The molecule has 1 aliphatic rings. The maximum atomic E-state index is 5.44. The van der Waals surface area contributed by atoms with Gasteiger partial charge in [0.15, 0.2) is 11.6 Å². The molecule has 0 unspecified atom stereocenters. The first-order valence-corrected chi connectivity index (χ1v) is 11.3. The number of nitrogens with one attached hydrogen (secondary N) is 4. The van der Waals surface area contributed by atoms with Crippen molar-refractivity contribution in [3.05, 3.63) is 35.3 Å². The molecule has 3 aromatic rings. The van der Waals surface area contributed by atoms with E-state index in [0.717, 1.165) is 48.4 Å². The van der Waals surface area contributed by atoms with Crippen LogP contribution in [0.1, 0.15) is 63.6 Å². The Labute approximate surface area is 188 Å². The lowest BCUT2D eigenvalue weighted by molar-refractivity contribution is 0.379. The van der Waals surface area contributed by atoms with Crippen molar-refractivity contribution in [1.82, 2.24) is 30.6 Å². The number of piperazine rings is 1. The number of aromatic amines is 1. The van der Waals surface area contributed by atoms with Crippen molar-refractivity contribution in [3.63, 3.8) is 0 Å². The quantitative estimate of drug-likeness (QED) is 0.417. The van der Waals surface area contributed by atoms with Gasteiger partial charge < -0.3 is 25.4 Å². The molecule has 3 aromatic heterocycles. The minimum absolute atomic E-state index is 0.321. The molecule has 1 saturated heterocycles. The third-order valence-corrected chi connectivity index (χ3v) is 5.47. The summed E-state index contributed by atoms with van der Waals surface area (Å²) in [5.74, 6) is 4.26. The van der Waals surface area contributed by atoms with Crippen LogP contribution in [0.2, 0.25) is 0 Å². The van der Waals surface area contributed by atoms with Gasteiger partial charge in [0.2, 0.25) is 5.95 Å². The van der Waals surface area contributed by atoms with E-state index in [-0.39, 0.29) is 0 Å². The second kappa shape index (κ2) is 9.56. The van der Waals surface area contributed by atoms with Gasteiger partial charge in [-0.3, -0.25) is 5.10 Å². The fourth-order valence-corrected chi connectivity index (χ4v) is 3.56. The van der Waals surface area contributed by atoms with Gasteiger partial charge in [-0.2, -0.15) is 15.1 Å². The molecular formula is C22H33N9O. The molecule has 1 fully saturated rings. The Hall–Kier alpha value is -3.14. The first-order chi connectivity index (χ1) is 15.4. The molecule has 0 amide bonds. The summed E-state index contributed by atoms with van der Waals surface area (Å²) in [6.07, 6.45) is 0. The van der Waals surface area contributed by atoms with Crippen LogP contribution in [0.4, 0.5) is 23.4 Å². The van der Waals surface area contributed by atoms with E-state index in [4.69, 9.17) is 9.51 Å². The van der Waals surface area contributed by atoms with Gasteiger partial charge in [0.1, 0.15) is 11.6 Å². The Bertz CT molecular complexity index is 1030. The zero-order valence-electron chi connectivity index (χ0n) is 19.4. The first-order valence-electron chi connectivity index (χ1n) is 11.3. The molecule has 10 nitrogen and oxygen atoms in total. The zero-order chi connectivity index (χ0) is 22.7. The van der Waals surface area contributed by atoms with Gasteiger partial charge in [0.25, 0.3) is 0 Å². The summed E-state index contributed by atoms with van der Waals surface area (Å²) in [4.78, 5) is 11.7. The number of hydrogen-bond acceptors (Lipinski definition) is 9. The van der Waals surface area contributed by atoms with Crippen LogP contribution in [-0.2, 0) is 6.54 Å². The van der Waals surface area contributed by atoms with E-state index in [1.54, 1.807) is 0 Å². The van der Waals surface area contributed by atoms with E-state index in [0.29, 0.717) is 36.2 Å². The highest BCUT2D eigenvalue weighted by Crippen LogP contribution is 2.24. The molecule has 0 radical (unpaired) electrons. The van der Waals surface area contributed by atoms with Crippen LogP contribution in [0.5, 0.6) is 0 Å². The van der Waals surface area contributed by atoms with Gasteiger partial charge in [-0.05, 0) is 18.8 Å². The average Bonchev–Trinajstić information content (AvgIpc) is 3.42. The van der Waals surface area contributed by atoms with Gasteiger partial charge in [-0.15, -0.1) is 0 Å². The number of nitrogens with zero attached hydrogens (tertiary/aromatic N) is 5. The average molecular weight is 440 g/mol. The predicted octanol–water partition coefficient (Wildman–Crippen LogP) is 3.59. The summed E-state index contributed by atoms with van der Waals surface area (Å²) in [6, 6.07) is 6.35. The van der Waals surface area contributed by atoms with Crippen molar-refractivity contribution in [3.8, 4) is 0 Å². The summed E-state index contributed by atoms with van der Waals surface area (Å²) in [6.45, 7) is 13.8. The van der Waals surface area contributed by atoms with Crippen molar-refractivity contribution in [2.45, 2.75) is 59.0 Å². The van der Waals surface area contributed by atoms with E-state index in [2.05, 4.69) is 75.8 Å². The molecule has 4 heterocycles. The van der Waals surface area contributed by atoms with Crippen molar-refractivity contribution >= 4 is 23.4 Å². The summed E-state index contributed by atoms with van der Waals surface area (Å²) < 4.78 is 5.44. The minimum atomic E-state index is 0.321. The van der Waals surface area contributed by atoms with Gasteiger partial charge in [-0.25, -0.2) is 0 Å². The normalized spacial score (nSPS) is 16.7. The molecular weight excluding hydrogens is 406 g/mol. The summed E-state index contributed by atoms with van der Waals surface area (Å²) in [5, 5.41) is 21.6. The maximum absolute atomic E-state index is 5.44. The van der Waals surface area contributed by atoms with Gasteiger partial charge in [-0.1, -0.05) is 32.9 Å². The summed E-state index contributed by atoms with van der Waals surface area (Å²) in [5.41, 5.74) is 2.01. The predicted molar refractivity (Wildman–Crippen MR) is 126 cm³/mol. The van der Waals surface area contributed by atoms with Gasteiger partial charge in [0.05, 0.1) is 12.2 Å². The number of H-pyrrole nitrogens is 1. The fraction of sp³-hybridized carbons (Fsp3) is 0.545. The monoisotopic (exact) mass is 439 g/mol. The van der Waals surface area contributed by atoms with E-state index >= 15 is 0 Å². The van der Waals surface area contributed by atoms with Crippen molar-refractivity contribution in [2.75, 3.05) is 35.2 Å². The fourth-order valence-electron chi connectivity index (χ4n) is 3.56. The lowest BCUT2D eigenvalue weighted by Gasteiger charge is -2.33. The summed E-state index contributed by atoms with van der Waals surface area (Å²) in [7, 11) is 0. The first kappa shape index (κ1) is 22.1. The molecule has 10 heteroatoms. The molecule has 0 bridgehead atoms. The second-order valence-electron chi connectivity index (χ2n) is 8.95. The Morgan fingerprint density at radius 2 is 1.97 bits per heavy atom. The van der Waals surface area contributed by atoms with Gasteiger partial charge in [0, 0.05) is 49.6 Å². The van der Waals surface area contributed by atoms with Crippen LogP contribution in [-0.4, -0.2) is 51.0 Å². The van der Waals surface area contributed by atoms with Crippen molar-refractivity contribution in [2.24, 2.45) is 0 Å². The van der Waals surface area contributed by atoms with Crippen LogP contribution in [0.25, 0.3) is 0 Å².